The summed E-state index contributed by atoms with van der Waals surface area (Å²) >= 11 is 0. The van der Waals surface area contributed by atoms with E-state index in [1.807, 2.05) is 12.1 Å². The van der Waals surface area contributed by atoms with Crippen molar-refractivity contribution in [3.05, 3.63) is 41.7 Å². The minimum absolute atomic E-state index is 0.758. The summed E-state index contributed by atoms with van der Waals surface area (Å²) in [6, 6.07) is 8.13. The van der Waals surface area contributed by atoms with Crippen molar-refractivity contribution < 1.29 is 4.74 Å². The van der Waals surface area contributed by atoms with Crippen LogP contribution in [-0.2, 0) is 12.8 Å². The first-order valence-electron chi connectivity index (χ1n) is 9.38. The summed E-state index contributed by atoms with van der Waals surface area (Å²) in [5.41, 5.74) is 3.67. The van der Waals surface area contributed by atoms with Gasteiger partial charge < -0.3 is 4.74 Å². The lowest BCUT2D eigenvalue weighted by molar-refractivity contribution is 0.317. The molecule has 1 unspecified atom stereocenters. The third-order valence-electron chi connectivity index (χ3n) is 4.80. The Labute approximate surface area is 145 Å². The highest BCUT2D eigenvalue weighted by Gasteiger charge is 2.20. The van der Waals surface area contributed by atoms with Crippen LogP contribution in [0, 0.1) is 5.92 Å². The van der Waals surface area contributed by atoms with Crippen molar-refractivity contribution in [2.45, 2.75) is 58.8 Å². The number of fused-ring (bicyclic) bond motifs is 1. The second-order valence-corrected chi connectivity index (χ2v) is 6.79. The summed E-state index contributed by atoms with van der Waals surface area (Å²) in [5.74, 6) is 2.57. The minimum Gasteiger partial charge on any atom is -0.494 e. The fourth-order valence-corrected chi connectivity index (χ4v) is 3.38. The Bertz CT molecular complexity index is 651. The normalized spacial score (nSPS) is 16.7. The molecule has 0 N–H and O–H groups in total. The molecule has 0 spiro atoms. The average molecular weight is 324 g/mol. The molecule has 1 atom stereocenters. The predicted molar refractivity (Wildman–Crippen MR) is 98.3 cm³/mol. The van der Waals surface area contributed by atoms with Gasteiger partial charge in [-0.15, -0.1) is 0 Å². The zero-order chi connectivity index (χ0) is 16.8. The number of ether oxygens (including phenoxy) is 1. The third-order valence-corrected chi connectivity index (χ3v) is 4.80. The molecule has 3 rings (SSSR count). The van der Waals surface area contributed by atoms with Crippen LogP contribution in [0.25, 0.3) is 11.4 Å². The second-order valence-electron chi connectivity index (χ2n) is 6.79. The van der Waals surface area contributed by atoms with Gasteiger partial charge in [0.25, 0.3) is 0 Å². The van der Waals surface area contributed by atoms with Gasteiger partial charge in [0.2, 0.25) is 0 Å². The van der Waals surface area contributed by atoms with Crippen molar-refractivity contribution in [2.75, 3.05) is 6.61 Å². The molecule has 0 fully saturated rings. The summed E-state index contributed by atoms with van der Waals surface area (Å²) < 4.78 is 5.64. The van der Waals surface area contributed by atoms with Crippen LogP contribution < -0.4 is 4.74 Å². The molecule has 0 bridgehead atoms. The first kappa shape index (κ1) is 16.9. The van der Waals surface area contributed by atoms with Crippen LogP contribution in [0.3, 0.4) is 0 Å². The van der Waals surface area contributed by atoms with Crippen molar-refractivity contribution in [1.82, 2.24) is 9.97 Å². The first-order valence-corrected chi connectivity index (χ1v) is 9.38. The van der Waals surface area contributed by atoms with Crippen LogP contribution in [0.5, 0.6) is 5.75 Å². The van der Waals surface area contributed by atoms with Crippen molar-refractivity contribution in [3.8, 4) is 17.1 Å². The molecule has 24 heavy (non-hydrogen) atoms. The molecule has 0 amide bonds. The van der Waals surface area contributed by atoms with Gasteiger partial charge in [0.15, 0.2) is 5.82 Å². The topological polar surface area (TPSA) is 35.0 Å². The molecule has 0 aliphatic heterocycles. The Kier molecular flexibility index (Phi) is 5.84. The largest absolute Gasteiger partial charge is 0.494 e. The maximum Gasteiger partial charge on any atom is 0.159 e. The summed E-state index contributed by atoms with van der Waals surface area (Å²) in [7, 11) is 0. The van der Waals surface area contributed by atoms with Gasteiger partial charge in [-0.2, -0.15) is 0 Å². The molecule has 3 nitrogen and oxygen atoms in total. The molecule has 1 aromatic heterocycles. The maximum absolute atomic E-state index is 5.64. The predicted octanol–water partition coefficient (Wildman–Crippen LogP) is 5.23. The summed E-state index contributed by atoms with van der Waals surface area (Å²) in [6.45, 7) is 5.14. The van der Waals surface area contributed by atoms with Crippen molar-refractivity contribution in [2.24, 2.45) is 5.92 Å². The number of rotatable bonds is 7. The quantitative estimate of drug-likeness (QED) is 0.699. The van der Waals surface area contributed by atoms with Gasteiger partial charge in [0.05, 0.1) is 6.61 Å². The number of hydrogen-bond acceptors (Lipinski definition) is 3. The minimum atomic E-state index is 0.758. The molecule has 0 radical (unpaired) electrons. The summed E-state index contributed by atoms with van der Waals surface area (Å²) in [5, 5.41) is 0. The van der Waals surface area contributed by atoms with E-state index in [9.17, 15) is 0 Å². The fraction of sp³-hybridized carbons (Fsp3) is 0.524. The van der Waals surface area contributed by atoms with Gasteiger partial charge in [0.1, 0.15) is 5.75 Å². The molecule has 1 aliphatic carbocycles. The molecule has 3 heteroatoms. The molecule has 1 aromatic carbocycles. The molecule has 128 valence electrons. The van der Waals surface area contributed by atoms with Gasteiger partial charge in [-0.1, -0.05) is 33.1 Å². The Balaban J connectivity index is 1.70. The van der Waals surface area contributed by atoms with Gasteiger partial charge in [-0.3, -0.25) is 0 Å². The monoisotopic (exact) mass is 324 g/mol. The van der Waals surface area contributed by atoms with E-state index < -0.39 is 0 Å². The smallest absolute Gasteiger partial charge is 0.159 e. The lowest BCUT2D eigenvalue weighted by Gasteiger charge is -2.23. The van der Waals surface area contributed by atoms with Crippen molar-refractivity contribution in [1.29, 1.82) is 0 Å². The number of unbranched alkanes of at least 4 members (excludes halogenated alkanes) is 1. The Morgan fingerprint density at radius 3 is 2.71 bits per heavy atom. The Morgan fingerprint density at radius 2 is 1.96 bits per heavy atom. The zero-order valence-corrected chi connectivity index (χ0v) is 14.9. The molecule has 0 saturated heterocycles. The summed E-state index contributed by atoms with van der Waals surface area (Å²) in [6.07, 6.45) is 10.6. The van der Waals surface area contributed by atoms with E-state index in [1.54, 1.807) is 0 Å². The van der Waals surface area contributed by atoms with E-state index in [-0.39, 0.29) is 0 Å². The first-order chi connectivity index (χ1) is 11.8. The third kappa shape index (κ3) is 4.14. The summed E-state index contributed by atoms with van der Waals surface area (Å²) in [4.78, 5) is 9.46. The molecular weight excluding hydrogens is 296 g/mol. The van der Waals surface area contributed by atoms with E-state index in [2.05, 4.69) is 37.2 Å². The van der Waals surface area contributed by atoms with Crippen LogP contribution in [0.15, 0.2) is 30.5 Å². The van der Waals surface area contributed by atoms with Gasteiger partial charge in [-0.25, -0.2) is 9.97 Å². The van der Waals surface area contributed by atoms with Crippen LogP contribution in [0.4, 0.5) is 0 Å². The standard InChI is InChI=1S/C21H28N2O/c1-3-5-6-16-7-12-20-18(14-16)15-22-21(23-20)17-8-10-19(11-9-17)24-13-4-2/h8-11,15-16H,3-7,12-14H2,1-2H3. The number of hydrogen-bond donors (Lipinski definition) is 0. The number of aromatic nitrogens is 2. The molecule has 1 heterocycles. The van der Waals surface area contributed by atoms with Crippen LogP contribution in [0.1, 0.15) is 57.2 Å². The van der Waals surface area contributed by atoms with Crippen LogP contribution in [0.2, 0.25) is 0 Å². The average Bonchev–Trinajstić information content (AvgIpc) is 2.64. The number of aryl methyl sites for hydroxylation is 1. The Hall–Kier alpha value is -1.90. The molecule has 2 aromatic rings. The van der Waals surface area contributed by atoms with E-state index in [0.29, 0.717) is 0 Å². The van der Waals surface area contributed by atoms with Gasteiger partial charge >= 0.3 is 0 Å². The SMILES string of the molecule is CCCCC1CCc2nc(-c3ccc(OCCC)cc3)ncc2C1. The number of benzene rings is 1. The van der Waals surface area contributed by atoms with Gasteiger partial charge in [-0.05, 0) is 61.4 Å². The second kappa shape index (κ2) is 8.27. The van der Waals surface area contributed by atoms with E-state index >= 15 is 0 Å². The number of nitrogens with zero attached hydrogens (tertiary/aromatic N) is 2. The molecule has 1 aliphatic rings. The molecular formula is C21H28N2O. The van der Waals surface area contributed by atoms with E-state index in [4.69, 9.17) is 9.72 Å². The fourth-order valence-electron chi connectivity index (χ4n) is 3.38. The van der Waals surface area contributed by atoms with Crippen LogP contribution in [-0.4, -0.2) is 16.6 Å². The molecule has 0 saturated carbocycles. The maximum atomic E-state index is 5.64. The van der Waals surface area contributed by atoms with E-state index in [1.165, 1.54) is 36.9 Å². The van der Waals surface area contributed by atoms with Crippen molar-refractivity contribution >= 4 is 0 Å². The lowest BCUT2D eigenvalue weighted by atomic mass is 9.84. The highest BCUT2D eigenvalue weighted by molar-refractivity contribution is 5.56. The van der Waals surface area contributed by atoms with Crippen LogP contribution >= 0.6 is 0 Å². The highest BCUT2D eigenvalue weighted by atomic mass is 16.5. The highest BCUT2D eigenvalue weighted by Crippen LogP contribution is 2.29. The zero-order valence-electron chi connectivity index (χ0n) is 14.9. The Morgan fingerprint density at radius 1 is 1.12 bits per heavy atom. The van der Waals surface area contributed by atoms with E-state index in [0.717, 1.165) is 48.9 Å². The lowest BCUT2D eigenvalue weighted by Crippen LogP contribution is -2.16. The van der Waals surface area contributed by atoms with Gasteiger partial charge in [0, 0.05) is 17.5 Å². The van der Waals surface area contributed by atoms with Crippen molar-refractivity contribution in [3.63, 3.8) is 0 Å².